The number of carbonyl (C=O) groups excluding carboxylic acids is 1. The van der Waals surface area contributed by atoms with Crippen molar-refractivity contribution in [1.29, 1.82) is 0 Å². The van der Waals surface area contributed by atoms with E-state index in [1.807, 2.05) is 0 Å². The van der Waals surface area contributed by atoms with E-state index in [1.54, 1.807) is 36.8 Å². The fraction of sp³-hybridized carbons (Fsp3) is 0. The molecule has 0 saturated heterocycles. The van der Waals surface area contributed by atoms with Crippen LogP contribution < -0.4 is 5.32 Å². The summed E-state index contributed by atoms with van der Waals surface area (Å²) in [6.07, 6.45) is 4.78. The van der Waals surface area contributed by atoms with E-state index in [0.717, 1.165) is 0 Å². The molecule has 2 aromatic heterocycles. The highest BCUT2D eigenvalue weighted by molar-refractivity contribution is 6.31. The molecule has 1 amide bonds. The van der Waals surface area contributed by atoms with Gasteiger partial charge in [-0.15, -0.1) is 0 Å². The highest BCUT2D eigenvalue weighted by Gasteiger charge is 2.07. The Labute approximate surface area is 91.3 Å². The smallest absolute Gasteiger partial charge is 0.272 e. The summed E-state index contributed by atoms with van der Waals surface area (Å²) in [6, 6.07) is 4.99. The molecule has 2 heterocycles. The highest BCUT2D eigenvalue weighted by Crippen LogP contribution is 2.11. The Morgan fingerprint density at radius 2 is 2.13 bits per heavy atom. The van der Waals surface area contributed by atoms with Crippen LogP contribution in [0.1, 0.15) is 10.5 Å². The second kappa shape index (κ2) is 4.14. The van der Waals surface area contributed by atoms with E-state index in [9.17, 15) is 4.79 Å². The molecule has 0 fully saturated rings. The zero-order valence-electron chi connectivity index (χ0n) is 7.70. The number of H-pyrrole nitrogens is 1. The minimum absolute atomic E-state index is 0.229. The number of aromatic nitrogens is 2. The molecule has 0 aromatic carbocycles. The summed E-state index contributed by atoms with van der Waals surface area (Å²) in [5, 5.41) is 3.21. The Kier molecular flexibility index (Phi) is 2.69. The van der Waals surface area contributed by atoms with Crippen LogP contribution in [0.4, 0.5) is 5.69 Å². The van der Waals surface area contributed by atoms with Crippen molar-refractivity contribution in [2.45, 2.75) is 0 Å². The molecule has 2 aromatic rings. The number of nitrogens with one attached hydrogen (secondary N) is 2. The third kappa shape index (κ3) is 2.35. The summed E-state index contributed by atoms with van der Waals surface area (Å²) in [5.74, 6) is -0.229. The van der Waals surface area contributed by atoms with Gasteiger partial charge in [0.05, 0.1) is 5.02 Å². The van der Waals surface area contributed by atoms with Crippen LogP contribution in [0.15, 0.2) is 36.8 Å². The summed E-state index contributed by atoms with van der Waals surface area (Å²) >= 11 is 5.69. The zero-order chi connectivity index (χ0) is 10.7. The molecule has 2 N–H and O–H groups in total. The van der Waals surface area contributed by atoms with E-state index in [-0.39, 0.29) is 5.91 Å². The molecule has 0 bridgehead atoms. The number of nitrogens with zero attached hydrogens (tertiary/aromatic N) is 1. The second-order valence-corrected chi connectivity index (χ2v) is 3.36. The molecule has 0 saturated carbocycles. The number of anilines is 1. The van der Waals surface area contributed by atoms with Crippen LogP contribution in [-0.2, 0) is 0 Å². The molecule has 5 heteroatoms. The summed E-state index contributed by atoms with van der Waals surface area (Å²) in [5.41, 5.74) is 1.12. The minimum atomic E-state index is -0.229. The van der Waals surface area contributed by atoms with Gasteiger partial charge >= 0.3 is 0 Å². The van der Waals surface area contributed by atoms with Crippen molar-refractivity contribution >= 4 is 23.2 Å². The fourth-order valence-electron chi connectivity index (χ4n) is 1.13. The molecule has 0 spiro atoms. The number of carbonyl (C=O) groups is 1. The lowest BCUT2D eigenvalue weighted by Crippen LogP contribution is -2.11. The first-order chi connectivity index (χ1) is 7.25. The van der Waals surface area contributed by atoms with E-state index in [2.05, 4.69) is 15.3 Å². The Bertz CT molecular complexity index is 467. The van der Waals surface area contributed by atoms with Crippen molar-refractivity contribution < 1.29 is 4.79 Å². The van der Waals surface area contributed by atoms with Gasteiger partial charge in [-0.25, -0.2) is 0 Å². The van der Waals surface area contributed by atoms with Gasteiger partial charge in [0.2, 0.25) is 0 Å². The van der Waals surface area contributed by atoms with E-state index in [0.29, 0.717) is 16.4 Å². The number of amides is 1. The number of rotatable bonds is 2. The predicted molar refractivity (Wildman–Crippen MR) is 58.0 cm³/mol. The lowest BCUT2D eigenvalue weighted by Gasteiger charge is -2.01. The van der Waals surface area contributed by atoms with Crippen molar-refractivity contribution in [3.63, 3.8) is 0 Å². The fourth-order valence-corrected chi connectivity index (χ4v) is 1.30. The van der Waals surface area contributed by atoms with E-state index in [1.165, 1.54) is 0 Å². The van der Waals surface area contributed by atoms with Crippen LogP contribution in [0.2, 0.25) is 5.02 Å². The van der Waals surface area contributed by atoms with Gasteiger partial charge < -0.3 is 10.3 Å². The van der Waals surface area contributed by atoms with Gasteiger partial charge in [0.25, 0.3) is 5.91 Å². The van der Waals surface area contributed by atoms with Gasteiger partial charge in [-0.2, -0.15) is 0 Å². The first kappa shape index (κ1) is 9.73. The molecule has 0 aliphatic heterocycles. The summed E-state index contributed by atoms with van der Waals surface area (Å²) in [6.45, 7) is 0. The van der Waals surface area contributed by atoms with Gasteiger partial charge in [-0.05, 0) is 18.2 Å². The maximum atomic E-state index is 11.6. The molecular weight excluding hydrogens is 214 g/mol. The van der Waals surface area contributed by atoms with Crippen LogP contribution in [0, 0.1) is 0 Å². The third-order valence-electron chi connectivity index (χ3n) is 1.83. The monoisotopic (exact) mass is 221 g/mol. The van der Waals surface area contributed by atoms with Crippen LogP contribution in [-0.4, -0.2) is 15.9 Å². The predicted octanol–water partition coefficient (Wildman–Crippen LogP) is 2.32. The standard InChI is InChI=1S/C10H8ClN3O/c11-7-5-9(13-6-7)10(15)14-8-1-3-12-4-2-8/h1-6,13H,(H,12,14,15). The van der Waals surface area contributed by atoms with Gasteiger partial charge in [-0.3, -0.25) is 9.78 Å². The van der Waals surface area contributed by atoms with Crippen molar-refractivity contribution in [2.24, 2.45) is 0 Å². The molecule has 0 atom stereocenters. The average molecular weight is 222 g/mol. The molecule has 0 radical (unpaired) electrons. The summed E-state index contributed by atoms with van der Waals surface area (Å²) in [7, 11) is 0. The number of pyridine rings is 1. The SMILES string of the molecule is O=C(Nc1ccncc1)c1cc(Cl)c[nH]1. The summed E-state index contributed by atoms with van der Waals surface area (Å²) < 4.78 is 0. The lowest BCUT2D eigenvalue weighted by atomic mass is 10.3. The molecule has 2 rings (SSSR count). The molecular formula is C10H8ClN3O. The third-order valence-corrected chi connectivity index (χ3v) is 2.05. The van der Waals surface area contributed by atoms with Crippen LogP contribution in [0.5, 0.6) is 0 Å². The Morgan fingerprint density at radius 3 is 2.73 bits per heavy atom. The van der Waals surface area contributed by atoms with Crippen molar-refractivity contribution in [3.05, 3.63) is 47.5 Å². The number of hydrogen-bond acceptors (Lipinski definition) is 2. The maximum Gasteiger partial charge on any atom is 0.272 e. The molecule has 4 nitrogen and oxygen atoms in total. The normalized spacial score (nSPS) is 9.93. The quantitative estimate of drug-likeness (QED) is 0.818. The van der Waals surface area contributed by atoms with Crippen LogP contribution in [0.3, 0.4) is 0 Å². The van der Waals surface area contributed by atoms with Crippen molar-refractivity contribution in [1.82, 2.24) is 9.97 Å². The number of halogens is 1. The topological polar surface area (TPSA) is 57.8 Å². The Hall–Kier alpha value is -1.81. The average Bonchev–Trinajstić information content (AvgIpc) is 2.66. The minimum Gasteiger partial charge on any atom is -0.356 e. The first-order valence-electron chi connectivity index (χ1n) is 4.31. The number of aromatic amines is 1. The van der Waals surface area contributed by atoms with E-state index >= 15 is 0 Å². The van der Waals surface area contributed by atoms with Gasteiger partial charge in [-0.1, -0.05) is 11.6 Å². The van der Waals surface area contributed by atoms with Crippen molar-refractivity contribution in [2.75, 3.05) is 5.32 Å². The van der Waals surface area contributed by atoms with Gasteiger partial charge in [0.15, 0.2) is 0 Å². The zero-order valence-corrected chi connectivity index (χ0v) is 8.45. The highest BCUT2D eigenvalue weighted by atomic mass is 35.5. The Balaban J connectivity index is 2.11. The first-order valence-corrected chi connectivity index (χ1v) is 4.69. The maximum absolute atomic E-state index is 11.6. The molecule has 0 unspecified atom stereocenters. The van der Waals surface area contributed by atoms with Crippen LogP contribution >= 0.6 is 11.6 Å². The van der Waals surface area contributed by atoms with E-state index in [4.69, 9.17) is 11.6 Å². The molecule has 0 aliphatic rings. The summed E-state index contributed by atoms with van der Waals surface area (Å²) in [4.78, 5) is 18.2. The Morgan fingerprint density at radius 1 is 1.40 bits per heavy atom. The van der Waals surface area contributed by atoms with Crippen molar-refractivity contribution in [3.8, 4) is 0 Å². The largest absolute Gasteiger partial charge is 0.356 e. The second-order valence-electron chi connectivity index (χ2n) is 2.92. The van der Waals surface area contributed by atoms with Crippen LogP contribution in [0.25, 0.3) is 0 Å². The molecule has 15 heavy (non-hydrogen) atoms. The lowest BCUT2D eigenvalue weighted by molar-refractivity contribution is 0.102. The molecule has 76 valence electrons. The van der Waals surface area contributed by atoms with Gasteiger partial charge in [0, 0.05) is 24.3 Å². The number of hydrogen-bond donors (Lipinski definition) is 2. The molecule has 0 aliphatic carbocycles. The van der Waals surface area contributed by atoms with Gasteiger partial charge in [0.1, 0.15) is 5.69 Å². The van der Waals surface area contributed by atoms with E-state index < -0.39 is 0 Å².